The van der Waals surface area contributed by atoms with E-state index in [2.05, 4.69) is 5.32 Å². The van der Waals surface area contributed by atoms with Gasteiger partial charge in [0.05, 0.1) is 6.04 Å². The van der Waals surface area contributed by atoms with Crippen LogP contribution in [0.25, 0.3) is 0 Å². The molecule has 1 aromatic rings. The molecule has 0 radical (unpaired) electrons. The molecular formula is C14H19FN2O. The maximum Gasteiger partial charge on any atom is 0.239 e. The van der Waals surface area contributed by atoms with Crippen molar-refractivity contribution < 1.29 is 9.18 Å². The molecule has 2 atom stereocenters. The Kier molecular flexibility index (Phi) is 3.97. The van der Waals surface area contributed by atoms with Crippen LogP contribution >= 0.6 is 0 Å². The van der Waals surface area contributed by atoms with E-state index in [1.165, 1.54) is 6.07 Å². The Balaban J connectivity index is 2.11. The van der Waals surface area contributed by atoms with Crippen LogP contribution in [0.5, 0.6) is 0 Å². The average molecular weight is 250 g/mol. The minimum Gasteiger partial charge on any atom is -0.344 e. The van der Waals surface area contributed by atoms with E-state index in [4.69, 9.17) is 0 Å². The fraction of sp³-hybridized carbons (Fsp3) is 0.500. The van der Waals surface area contributed by atoms with Crippen LogP contribution in [0.1, 0.15) is 31.4 Å². The van der Waals surface area contributed by atoms with E-state index in [1.807, 2.05) is 13.0 Å². The SMILES string of the molecule is CCC(NC1CCN(C)C1=O)c1ccccc1F. The molecule has 2 rings (SSSR count). The van der Waals surface area contributed by atoms with Crippen molar-refractivity contribution in [2.45, 2.75) is 31.8 Å². The standard InChI is InChI=1S/C14H19FN2O/c1-3-12(10-6-4-5-7-11(10)15)16-13-8-9-17(2)14(13)18/h4-7,12-13,16H,3,8-9H2,1-2H3. The molecule has 1 aliphatic rings. The van der Waals surface area contributed by atoms with Gasteiger partial charge in [0.1, 0.15) is 5.82 Å². The molecule has 1 saturated heterocycles. The first-order valence-corrected chi connectivity index (χ1v) is 6.39. The van der Waals surface area contributed by atoms with Gasteiger partial charge in [-0.05, 0) is 18.9 Å². The van der Waals surface area contributed by atoms with Crippen molar-refractivity contribution in [1.82, 2.24) is 10.2 Å². The molecule has 98 valence electrons. The van der Waals surface area contributed by atoms with E-state index in [1.54, 1.807) is 24.1 Å². The summed E-state index contributed by atoms with van der Waals surface area (Å²) >= 11 is 0. The van der Waals surface area contributed by atoms with Gasteiger partial charge in [0.2, 0.25) is 5.91 Å². The summed E-state index contributed by atoms with van der Waals surface area (Å²) in [6.45, 7) is 2.76. The zero-order valence-corrected chi connectivity index (χ0v) is 10.8. The summed E-state index contributed by atoms with van der Waals surface area (Å²) in [5, 5.41) is 3.27. The number of carbonyl (C=O) groups excluding carboxylic acids is 1. The minimum absolute atomic E-state index is 0.102. The Morgan fingerprint density at radius 1 is 1.50 bits per heavy atom. The number of rotatable bonds is 4. The molecule has 4 heteroatoms. The van der Waals surface area contributed by atoms with Gasteiger partial charge in [-0.25, -0.2) is 4.39 Å². The van der Waals surface area contributed by atoms with Crippen LogP contribution in [-0.4, -0.2) is 30.4 Å². The topological polar surface area (TPSA) is 32.3 Å². The summed E-state index contributed by atoms with van der Waals surface area (Å²) in [4.78, 5) is 13.6. The number of likely N-dealkylation sites (tertiary alicyclic amines) is 1. The van der Waals surface area contributed by atoms with Crippen molar-refractivity contribution in [2.24, 2.45) is 0 Å². The highest BCUT2D eigenvalue weighted by Gasteiger charge is 2.31. The summed E-state index contributed by atoms with van der Waals surface area (Å²) in [5.41, 5.74) is 0.641. The maximum atomic E-state index is 13.7. The summed E-state index contributed by atoms with van der Waals surface area (Å²) < 4.78 is 13.7. The molecule has 0 bridgehead atoms. The van der Waals surface area contributed by atoms with Gasteiger partial charge < -0.3 is 4.90 Å². The molecule has 0 aliphatic carbocycles. The number of halogens is 1. The van der Waals surface area contributed by atoms with Gasteiger partial charge >= 0.3 is 0 Å². The van der Waals surface area contributed by atoms with Crippen LogP contribution in [0.2, 0.25) is 0 Å². The highest BCUT2D eigenvalue weighted by Crippen LogP contribution is 2.22. The zero-order chi connectivity index (χ0) is 13.1. The molecule has 1 N–H and O–H groups in total. The van der Waals surface area contributed by atoms with Crippen LogP contribution in [-0.2, 0) is 4.79 Å². The van der Waals surface area contributed by atoms with Crippen molar-refractivity contribution in [2.75, 3.05) is 13.6 Å². The van der Waals surface area contributed by atoms with Gasteiger partial charge in [0, 0.05) is 25.2 Å². The second-order valence-electron chi connectivity index (χ2n) is 4.75. The molecule has 1 aromatic carbocycles. The monoisotopic (exact) mass is 250 g/mol. The summed E-state index contributed by atoms with van der Waals surface area (Å²) in [6.07, 6.45) is 1.55. The first-order valence-electron chi connectivity index (χ1n) is 6.39. The molecule has 0 spiro atoms. The van der Waals surface area contributed by atoms with E-state index in [0.29, 0.717) is 5.56 Å². The Labute approximate surface area is 107 Å². The lowest BCUT2D eigenvalue weighted by molar-refractivity contribution is -0.128. The Hall–Kier alpha value is -1.42. The van der Waals surface area contributed by atoms with Crippen LogP contribution < -0.4 is 5.32 Å². The van der Waals surface area contributed by atoms with Gasteiger partial charge in [-0.3, -0.25) is 10.1 Å². The van der Waals surface area contributed by atoms with Crippen molar-refractivity contribution in [3.8, 4) is 0 Å². The lowest BCUT2D eigenvalue weighted by Crippen LogP contribution is -2.39. The summed E-state index contributed by atoms with van der Waals surface area (Å²) in [5.74, 6) is -0.111. The molecule has 0 saturated carbocycles. The first-order chi connectivity index (χ1) is 8.63. The lowest BCUT2D eigenvalue weighted by atomic mass is 10.0. The third-order valence-corrected chi connectivity index (χ3v) is 3.52. The number of carbonyl (C=O) groups is 1. The Morgan fingerprint density at radius 2 is 2.22 bits per heavy atom. The highest BCUT2D eigenvalue weighted by atomic mass is 19.1. The smallest absolute Gasteiger partial charge is 0.239 e. The van der Waals surface area contributed by atoms with Gasteiger partial charge in [0.25, 0.3) is 0 Å². The first kappa shape index (κ1) is 13.0. The largest absolute Gasteiger partial charge is 0.344 e. The zero-order valence-electron chi connectivity index (χ0n) is 10.8. The van der Waals surface area contributed by atoms with E-state index in [9.17, 15) is 9.18 Å². The maximum absolute atomic E-state index is 13.7. The fourth-order valence-electron chi connectivity index (χ4n) is 2.41. The summed E-state index contributed by atoms with van der Waals surface area (Å²) in [7, 11) is 1.80. The van der Waals surface area contributed by atoms with Crippen molar-refractivity contribution in [3.63, 3.8) is 0 Å². The van der Waals surface area contributed by atoms with E-state index >= 15 is 0 Å². The number of nitrogens with one attached hydrogen (secondary N) is 1. The number of hydrogen-bond donors (Lipinski definition) is 1. The predicted octanol–water partition coefficient (Wildman–Crippen LogP) is 2.10. The number of hydrogen-bond acceptors (Lipinski definition) is 2. The van der Waals surface area contributed by atoms with Gasteiger partial charge in [-0.1, -0.05) is 25.1 Å². The van der Waals surface area contributed by atoms with E-state index < -0.39 is 0 Å². The van der Waals surface area contributed by atoms with Gasteiger partial charge in [-0.2, -0.15) is 0 Å². The van der Waals surface area contributed by atoms with Gasteiger partial charge in [-0.15, -0.1) is 0 Å². The molecular weight excluding hydrogens is 231 g/mol. The molecule has 0 aromatic heterocycles. The minimum atomic E-state index is -0.212. The lowest BCUT2D eigenvalue weighted by Gasteiger charge is -2.21. The van der Waals surface area contributed by atoms with Crippen molar-refractivity contribution in [1.29, 1.82) is 0 Å². The van der Waals surface area contributed by atoms with Crippen LogP contribution in [0, 0.1) is 5.82 Å². The van der Waals surface area contributed by atoms with E-state index in [0.717, 1.165) is 19.4 Å². The number of nitrogens with zero attached hydrogens (tertiary/aromatic N) is 1. The molecule has 1 heterocycles. The quantitative estimate of drug-likeness (QED) is 0.887. The molecule has 1 amide bonds. The number of benzene rings is 1. The Bertz CT molecular complexity index is 436. The fourth-order valence-corrected chi connectivity index (χ4v) is 2.41. The molecule has 3 nitrogen and oxygen atoms in total. The highest BCUT2D eigenvalue weighted by molar-refractivity contribution is 5.83. The molecule has 2 unspecified atom stereocenters. The van der Waals surface area contributed by atoms with Crippen LogP contribution in [0.4, 0.5) is 4.39 Å². The third-order valence-electron chi connectivity index (χ3n) is 3.52. The molecule has 1 aliphatic heterocycles. The number of likely N-dealkylation sites (N-methyl/N-ethyl adjacent to an activating group) is 1. The van der Waals surface area contributed by atoms with E-state index in [-0.39, 0.29) is 23.8 Å². The number of amides is 1. The summed E-state index contributed by atoms with van der Waals surface area (Å²) in [6, 6.07) is 6.46. The van der Waals surface area contributed by atoms with Gasteiger partial charge in [0.15, 0.2) is 0 Å². The van der Waals surface area contributed by atoms with Crippen LogP contribution in [0.3, 0.4) is 0 Å². The predicted molar refractivity (Wildman–Crippen MR) is 68.6 cm³/mol. The van der Waals surface area contributed by atoms with Crippen molar-refractivity contribution >= 4 is 5.91 Å². The van der Waals surface area contributed by atoms with Crippen LogP contribution in [0.15, 0.2) is 24.3 Å². The average Bonchev–Trinajstić information content (AvgIpc) is 2.68. The molecule has 18 heavy (non-hydrogen) atoms. The Morgan fingerprint density at radius 3 is 2.78 bits per heavy atom. The second kappa shape index (κ2) is 5.48. The van der Waals surface area contributed by atoms with Crippen molar-refractivity contribution in [3.05, 3.63) is 35.6 Å². The second-order valence-corrected chi connectivity index (χ2v) is 4.75. The normalized spacial score (nSPS) is 21.4. The third kappa shape index (κ3) is 2.53. The molecule has 1 fully saturated rings.